The Bertz CT molecular complexity index is 471. The summed E-state index contributed by atoms with van der Waals surface area (Å²) >= 11 is 3.40. The van der Waals surface area contributed by atoms with Gasteiger partial charge in [-0.1, -0.05) is 12.1 Å². The number of hydrogen-bond acceptors (Lipinski definition) is 2. The molecule has 0 saturated heterocycles. The molecule has 0 atom stereocenters. The zero-order valence-electron chi connectivity index (χ0n) is 8.45. The van der Waals surface area contributed by atoms with Crippen molar-refractivity contribution < 1.29 is 4.39 Å². The van der Waals surface area contributed by atoms with E-state index in [0.29, 0.717) is 6.54 Å². The van der Waals surface area contributed by atoms with Gasteiger partial charge in [-0.15, -0.1) is 0 Å². The van der Waals surface area contributed by atoms with E-state index in [1.165, 1.54) is 12.1 Å². The molecule has 0 spiro atoms. The SMILES string of the molecule is Fc1ccc(CNc2ncccc2Br)cc1. The summed E-state index contributed by atoms with van der Waals surface area (Å²) in [7, 11) is 0. The molecule has 0 bridgehead atoms. The molecule has 2 rings (SSSR count). The van der Waals surface area contributed by atoms with Crippen molar-refractivity contribution in [1.82, 2.24) is 4.98 Å². The van der Waals surface area contributed by atoms with Crippen LogP contribution < -0.4 is 5.32 Å². The lowest BCUT2D eigenvalue weighted by molar-refractivity contribution is 0.627. The first-order chi connectivity index (χ1) is 7.75. The highest BCUT2D eigenvalue weighted by molar-refractivity contribution is 9.10. The Morgan fingerprint density at radius 1 is 1.19 bits per heavy atom. The van der Waals surface area contributed by atoms with Crippen molar-refractivity contribution in [3.05, 3.63) is 58.4 Å². The lowest BCUT2D eigenvalue weighted by Gasteiger charge is -2.06. The summed E-state index contributed by atoms with van der Waals surface area (Å²) in [5, 5.41) is 3.17. The Hall–Kier alpha value is -1.42. The molecule has 82 valence electrons. The van der Waals surface area contributed by atoms with Crippen LogP contribution in [0.15, 0.2) is 47.1 Å². The van der Waals surface area contributed by atoms with E-state index >= 15 is 0 Å². The summed E-state index contributed by atoms with van der Waals surface area (Å²) in [5.41, 5.74) is 1.01. The third-order valence-electron chi connectivity index (χ3n) is 2.13. The number of halogens is 2. The average molecular weight is 281 g/mol. The van der Waals surface area contributed by atoms with Gasteiger partial charge in [-0.25, -0.2) is 9.37 Å². The monoisotopic (exact) mass is 280 g/mol. The van der Waals surface area contributed by atoms with Gasteiger partial charge in [0.05, 0.1) is 4.47 Å². The summed E-state index contributed by atoms with van der Waals surface area (Å²) in [5.74, 6) is 0.564. The highest BCUT2D eigenvalue weighted by Crippen LogP contribution is 2.18. The molecule has 2 aromatic rings. The van der Waals surface area contributed by atoms with E-state index in [1.807, 2.05) is 12.1 Å². The predicted molar refractivity (Wildman–Crippen MR) is 65.7 cm³/mol. The lowest BCUT2D eigenvalue weighted by atomic mass is 10.2. The first-order valence-electron chi connectivity index (χ1n) is 4.84. The average Bonchev–Trinajstić information content (AvgIpc) is 2.30. The third-order valence-corrected chi connectivity index (χ3v) is 2.77. The molecule has 0 aliphatic rings. The molecule has 1 aromatic carbocycles. The molecule has 4 heteroatoms. The number of hydrogen-bond donors (Lipinski definition) is 1. The maximum atomic E-state index is 12.7. The summed E-state index contributed by atoms with van der Waals surface area (Å²) < 4.78 is 13.6. The fraction of sp³-hybridized carbons (Fsp3) is 0.0833. The van der Waals surface area contributed by atoms with Crippen LogP contribution in [-0.2, 0) is 6.54 Å². The molecule has 1 heterocycles. The van der Waals surface area contributed by atoms with Crippen LogP contribution in [-0.4, -0.2) is 4.98 Å². The zero-order chi connectivity index (χ0) is 11.4. The van der Waals surface area contributed by atoms with Gasteiger partial charge in [-0.2, -0.15) is 0 Å². The predicted octanol–water partition coefficient (Wildman–Crippen LogP) is 3.60. The molecule has 1 aromatic heterocycles. The second-order valence-electron chi connectivity index (χ2n) is 3.31. The standard InChI is InChI=1S/C12H10BrFN2/c13-11-2-1-7-15-12(11)16-8-9-3-5-10(14)6-4-9/h1-7H,8H2,(H,15,16). The fourth-order valence-electron chi connectivity index (χ4n) is 1.30. The lowest BCUT2D eigenvalue weighted by Crippen LogP contribution is -2.01. The van der Waals surface area contributed by atoms with E-state index in [-0.39, 0.29) is 5.82 Å². The molecule has 0 fully saturated rings. The number of anilines is 1. The van der Waals surface area contributed by atoms with Crippen LogP contribution in [0.4, 0.5) is 10.2 Å². The molecule has 0 unspecified atom stereocenters. The Kier molecular flexibility index (Phi) is 3.51. The summed E-state index contributed by atoms with van der Waals surface area (Å²) in [6.45, 7) is 0.621. The number of rotatable bonds is 3. The van der Waals surface area contributed by atoms with Crippen molar-refractivity contribution in [3.63, 3.8) is 0 Å². The smallest absolute Gasteiger partial charge is 0.140 e. The van der Waals surface area contributed by atoms with E-state index in [2.05, 4.69) is 26.2 Å². The van der Waals surface area contributed by atoms with Crippen molar-refractivity contribution in [1.29, 1.82) is 0 Å². The Morgan fingerprint density at radius 3 is 2.62 bits per heavy atom. The molecule has 16 heavy (non-hydrogen) atoms. The van der Waals surface area contributed by atoms with Gasteiger partial charge in [-0.05, 0) is 45.8 Å². The number of nitrogens with zero attached hydrogens (tertiary/aromatic N) is 1. The molecule has 0 radical (unpaired) electrons. The van der Waals surface area contributed by atoms with Gasteiger partial charge in [0.2, 0.25) is 0 Å². The fourth-order valence-corrected chi connectivity index (χ4v) is 1.70. The van der Waals surface area contributed by atoms with Crippen molar-refractivity contribution in [2.75, 3.05) is 5.32 Å². The summed E-state index contributed by atoms with van der Waals surface area (Å²) in [4.78, 5) is 4.18. The van der Waals surface area contributed by atoms with Gasteiger partial charge in [0.1, 0.15) is 11.6 Å². The Labute approximate surface area is 102 Å². The van der Waals surface area contributed by atoms with Crippen LogP contribution in [0.1, 0.15) is 5.56 Å². The first-order valence-corrected chi connectivity index (χ1v) is 5.64. The van der Waals surface area contributed by atoms with E-state index in [9.17, 15) is 4.39 Å². The highest BCUT2D eigenvalue weighted by atomic mass is 79.9. The summed E-state index contributed by atoms with van der Waals surface area (Å²) in [6.07, 6.45) is 1.72. The largest absolute Gasteiger partial charge is 0.365 e. The number of pyridine rings is 1. The zero-order valence-corrected chi connectivity index (χ0v) is 10.0. The van der Waals surface area contributed by atoms with Crippen molar-refractivity contribution in [2.24, 2.45) is 0 Å². The van der Waals surface area contributed by atoms with Crippen molar-refractivity contribution in [2.45, 2.75) is 6.54 Å². The van der Waals surface area contributed by atoms with Crippen molar-refractivity contribution in [3.8, 4) is 0 Å². The van der Waals surface area contributed by atoms with Crippen molar-refractivity contribution >= 4 is 21.7 Å². The Morgan fingerprint density at radius 2 is 1.94 bits per heavy atom. The van der Waals surface area contributed by atoms with E-state index < -0.39 is 0 Å². The van der Waals surface area contributed by atoms with Gasteiger partial charge < -0.3 is 5.32 Å². The van der Waals surface area contributed by atoms with Gasteiger partial charge >= 0.3 is 0 Å². The van der Waals surface area contributed by atoms with Crippen LogP contribution in [0.25, 0.3) is 0 Å². The minimum atomic E-state index is -0.220. The molecule has 2 nitrogen and oxygen atoms in total. The molecule has 1 N–H and O–H groups in total. The minimum Gasteiger partial charge on any atom is -0.365 e. The number of benzene rings is 1. The molecule has 0 aliphatic carbocycles. The van der Waals surface area contributed by atoms with Gasteiger partial charge in [0.15, 0.2) is 0 Å². The summed E-state index contributed by atoms with van der Waals surface area (Å²) in [6, 6.07) is 10.2. The molecular formula is C12H10BrFN2. The third kappa shape index (κ3) is 2.79. The van der Waals surface area contributed by atoms with Gasteiger partial charge in [0, 0.05) is 12.7 Å². The Balaban J connectivity index is 2.02. The normalized spacial score (nSPS) is 10.1. The van der Waals surface area contributed by atoms with E-state index in [4.69, 9.17) is 0 Å². The van der Waals surface area contributed by atoms with E-state index in [0.717, 1.165) is 15.9 Å². The minimum absolute atomic E-state index is 0.220. The molecule has 0 amide bonds. The first kappa shape index (κ1) is 11.1. The highest BCUT2D eigenvalue weighted by Gasteiger charge is 1.99. The second-order valence-corrected chi connectivity index (χ2v) is 4.17. The maximum absolute atomic E-state index is 12.7. The van der Waals surface area contributed by atoms with E-state index in [1.54, 1.807) is 18.3 Å². The number of aromatic nitrogens is 1. The maximum Gasteiger partial charge on any atom is 0.140 e. The van der Waals surface area contributed by atoms with Crippen LogP contribution in [0.2, 0.25) is 0 Å². The number of nitrogens with one attached hydrogen (secondary N) is 1. The van der Waals surface area contributed by atoms with Crippen LogP contribution in [0, 0.1) is 5.82 Å². The van der Waals surface area contributed by atoms with Gasteiger partial charge in [-0.3, -0.25) is 0 Å². The van der Waals surface area contributed by atoms with Gasteiger partial charge in [0.25, 0.3) is 0 Å². The van der Waals surface area contributed by atoms with Crippen LogP contribution in [0.5, 0.6) is 0 Å². The van der Waals surface area contributed by atoms with Crippen LogP contribution >= 0.6 is 15.9 Å². The molecule has 0 saturated carbocycles. The molecular weight excluding hydrogens is 271 g/mol. The molecule has 0 aliphatic heterocycles. The quantitative estimate of drug-likeness (QED) is 0.929. The second kappa shape index (κ2) is 5.07. The topological polar surface area (TPSA) is 24.9 Å². The van der Waals surface area contributed by atoms with Crippen LogP contribution in [0.3, 0.4) is 0 Å².